The Morgan fingerprint density at radius 2 is 1.89 bits per heavy atom. The Morgan fingerprint density at radius 1 is 1.11 bits per heavy atom. The van der Waals surface area contributed by atoms with E-state index in [1.807, 2.05) is 12.1 Å². The number of rotatable bonds is 8. The summed E-state index contributed by atoms with van der Waals surface area (Å²) >= 11 is 11.9. The zero-order valence-corrected chi connectivity index (χ0v) is 12.8. The summed E-state index contributed by atoms with van der Waals surface area (Å²) in [4.78, 5) is 0. The van der Waals surface area contributed by atoms with E-state index in [1.165, 1.54) is 24.8 Å². The maximum absolute atomic E-state index is 6.01. The molecule has 1 atom stereocenters. The monoisotopic (exact) mass is 287 g/mol. The van der Waals surface area contributed by atoms with Crippen LogP contribution in [0.15, 0.2) is 18.2 Å². The first kappa shape index (κ1) is 15.8. The van der Waals surface area contributed by atoms with Crippen LogP contribution in [0.2, 0.25) is 10.0 Å². The largest absolute Gasteiger partial charge is 0.317 e. The third kappa shape index (κ3) is 6.08. The lowest BCUT2D eigenvalue weighted by Crippen LogP contribution is -2.18. The maximum Gasteiger partial charge on any atom is 0.0595 e. The normalized spacial score (nSPS) is 12.7. The molecular formula is C15H23Cl2N. The number of nitrogens with one attached hydrogen (secondary N) is 1. The maximum atomic E-state index is 6.01. The fourth-order valence-corrected chi connectivity index (χ4v) is 2.22. The fourth-order valence-electron chi connectivity index (χ4n) is 1.90. The summed E-state index contributed by atoms with van der Waals surface area (Å²) in [6.07, 6.45) is 4.72. The Bertz CT molecular complexity index is 352. The van der Waals surface area contributed by atoms with Crippen LogP contribution in [0, 0.1) is 5.92 Å². The van der Waals surface area contributed by atoms with Gasteiger partial charge in [-0.1, -0.05) is 43.1 Å². The van der Waals surface area contributed by atoms with Gasteiger partial charge in [-0.15, -0.1) is 0 Å². The van der Waals surface area contributed by atoms with Crippen molar-refractivity contribution in [3.63, 3.8) is 0 Å². The summed E-state index contributed by atoms with van der Waals surface area (Å²) in [5.74, 6) is 0.740. The number of hydrogen-bond acceptors (Lipinski definition) is 1. The minimum atomic E-state index is 0.636. The van der Waals surface area contributed by atoms with Crippen LogP contribution in [0.4, 0.5) is 0 Å². The van der Waals surface area contributed by atoms with Gasteiger partial charge in [-0.2, -0.15) is 0 Å². The van der Waals surface area contributed by atoms with Gasteiger partial charge in [0.25, 0.3) is 0 Å². The highest BCUT2D eigenvalue weighted by Gasteiger charge is 2.04. The van der Waals surface area contributed by atoms with Crippen molar-refractivity contribution in [1.82, 2.24) is 5.32 Å². The van der Waals surface area contributed by atoms with E-state index in [9.17, 15) is 0 Å². The lowest BCUT2D eigenvalue weighted by atomic mass is 9.98. The Morgan fingerprint density at radius 3 is 2.56 bits per heavy atom. The van der Waals surface area contributed by atoms with Crippen LogP contribution in [0.1, 0.15) is 38.7 Å². The van der Waals surface area contributed by atoms with Crippen LogP contribution in [0.3, 0.4) is 0 Å². The quantitative estimate of drug-likeness (QED) is 0.667. The molecule has 0 amide bonds. The molecule has 1 N–H and O–H groups in total. The van der Waals surface area contributed by atoms with E-state index in [4.69, 9.17) is 23.2 Å². The summed E-state index contributed by atoms with van der Waals surface area (Å²) in [6, 6.07) is 5.93. The Balaban J connectivity index is 2.24. The van der Waals surface area contributed by atoms with Crippen LogP contribution in [0.5, 0.6) is 0 Å². The first-order valence-electron chi connectivity index (χ1n) is 6.78. The molecule has 3 heteroatoms. The first-order valence-corrected chi connectivity index (χ1v) is 7.53. The SMILES string of the molecule is CCCNCCC(C)CCc1ccc(Cl)c(Cl)c1. The highest BCUT2D eigenvalue weighted by Crippen LogP contribution is 2.24. The lowest BCUT2D eigenvalue weighted by Gasteiger charge is -2.12. The van der Waals surface area contributed by atoms with Crippen molar-refractivity contribution in [2.24, 2.45) is 5.92 Å². The molecule has 0 bridgehead atoms. The number of halogens is 2. The molecular weight excluding hydrogens is 265 g/mol. The summed E-state index contributed by atoms with van der Waals surface area (Å²) < 4.78 is 0. The molecule has 0 aliphatic heterocycles. The van der Waals surface area contributed by atoms with Crippen molar-refractivity contribution in [1.29, 1.82) is 0 Å². The van der Waals surface area contributed by atoms with Gasteiger partial charge in [-0.05, 0) is 62.4 Å². The van der Waals surface area contributed by atoms with Gasteiger partial charge >= 0.3 is 0 Å². The van der Waals surface area contributed by atoms with Gasteiger partial charge in [0.2, 0.25) is 0 Å². The van der Waals surface area contributed by atoms with Crippen LogP contribution >= 0.6 is 23.2 Å². The zero-order chi connectivity index (χ0) is 13.4. The summed E-state index contributed by atoms with van der Waals surface area (Å²) in [5.41, 5.74) is 1.28. The average Bonchev–Trinajstić information content (AvgIpc) is 2.36. The zero-order valence-electron chi connectivity index (χ0n) is 11.3. The second-order valence-electron chi connectivity index (χ2n) is 4.93. The molecule has 1 rings (SSSR count). The molecule has 102 valence electrons. The molecule has 0 aliphatic rings. The molecule has 0 saturated heterocycles. The smallest absolute Gasteiger partial charge is 0.0595 e. The minimum absolute atomic E-state index is 0.636. The van der Waals surface area contributed by atoms with E-state index in [0.29, 0.717) is 10.0 Å². The first-order chi connectivity index (χ1) is 8.63. The minimum Gasteiger partial charge on any atom is -0.317 e. The molecule has 0 fully saturated rings. The Labute approximate surface area is 121 Å². The number of hydrogen-bond donors (Lipinski definition) is 1. The number of aryl methyl sites for hydroxylation is 1. The molecule has 0 aromatic heterocycles. The second-order valence-corrected chi connectivity index (χ2v) is 5.75. The van der Waals surface area contributed by atoms with Crippen molar-refractivity contribution in [3.05, 3.63) is 33.8 Å². The topological polar surface area (TPSA) is 12.0 Å². The van der Waals surface area contributed by atoms with Gasteiger partial charge in [0.1, 0.15) is 0 Å². The third-order valence-corrected chi connectivity index (χ3v) is 3.89. The van der Waals surface area contributed by atoms with Gasteiger partial charge in [-0.25, -0.2) is 0 Å². The molecule has 1 aromatic rings. The van der Waals surface area contributed by atoms with Gasteiger partial charge in [0.05, 0.1) is 10.0 Å². The standard InChI is InChI=1S/C15H23Cl2N/c1-3-9-18-10-8-12(2)4-5-13-6-7-14(16)15(17)11-13/h6-7,11-12,18H,3-5,8-10H2,1-2H3. The average molecular weight is 288 g/mol. The molecule has 1 unspecified atom stereocenters. The van der Waals surface area contributed by atoms with Gasteiger partial charge in [-0.3, -0.25) is 0 Å². The van der Waals surface area contributed by atoms with Crippen LogP contribution in [0.25, 0.3) is 0 Å². The molecule has 0 spiro atoms. The van der Waals surface area contributed by atoms with E-state index in [-0.39, 0.29) is 0 Å². The van der Waals surface area contributed by atoms with Crippen LogP contribution in [-0.2, 0) is 6.42 Å². The van der Waals surface area contributed by atoms with E-state index >= 15 is 0 Å². The summed E-state index contributed by atoms with van der Waals surface area (Å²) in [5, 5.41) is 4.74. The van der Waals surface area contributed by atoms with Crippen molar-refractivity contribution < 1.29 is 0 Å². The van der Waals surface area contributed by atoms with E-state index in [1.54, 1.807) is 0 Å². The lowest BCUT2D eigenvalue weighted by molar-refractivity contribution is 0.470. The molecule has 0 heterocycles. The van der Waals surface area contributed by atoms with Gasteiger partial charge in [0, 0.05) is 0 Å². The Kier molecular flexibility index (Phi) is 7.73. The highest BCUT2D eigenvalue weighted by molar-refractivity contribution is 6.42. The number of benzene rings is 1. The molecule has 1 aromatic carbocycles. The predicted octanol–water partition coefficient (Wildman–Crippen LogP) is 4.95. The molecule has 0 aliphatic carbocycles. The Hall–Kier alpha value is -0.240. The van der Waals surface area contributed by atoms with Gasteiger partial charge < -0.3 is 5.32 Å². The second kappa shape index (κ2) is 8.79. The summed E-state index contributed by atoms with van der Waals surface area (Å²) in [7, 11) is 0. The predicted molar refractivity (Wildman–Crippen MR) is 81.7 cm³/mol. The van der Waals surface area contributed by atoms with Crippen molar-refractivity contribution in [2.75, 3.05) is 13.1 Å². The third-order valence-electron chi connectivity index (χ3n) is 3.15. The van der Waals surface area contributed by atoms with Crippen molar-refractivity contribution in [2.45, 2.75) is 39.5 Å². The van der Waals surface area contributed by atoms with Crippen molar-refractivity contribution >= 4 is 23.2 Å². The summed E-state index contributed by atoms with van der Waals surface area (Å²) in [6.45, 7) is 6.75. The van der Waals surface area contributed by atoms with E-state index in [0.717, 1.165) is 25.4 Å². The van der Waals surface area contributed by atoms with Crippen molar-refractivity contribution in [3.8, 4) is 0 Å². The molecule has 18 heavy (non-hydrogen) atoms. The fraction of sp³-hybridized carbons (Fsp3) is 0.600. The van der Waals surface area contributed by atoms with Gasteiger partial charge in [0.15, 0.2) is 0 Å². The van der Waals surface area contributed by atoms with Crippen LogP contribution in [-0.4, -0.2) is 13.1 Å². The molecule has 0 saturated carbocycles. The molecule has 1 nitrogen and oxygen atoms in total. The van der Waals surface area contributed by atoms with Crippen LogP contribution < -0.4 is 5.32 Å². The molecule has 0 radical (unpaired) electrons. The highest BCUT2D eigenvalue weighted by atomic mass is 35.5. The van der Waals surface area contributed by atoms with E-state index in [2.05, 4.69) is 25.2 Å². The van der Waals surface area contributed by atoms with E-state index < -0.39 is 0 Å².